The van der Waals surface area contributed by atoms with Gasteiger partial charge in [0, 0.05) is 48.2 Å². The van der Waals surface area contributed by atoms with Gasteiger partial charge in [0.05, 0.1) is 26.7 Å². The van der Waals surface area contributed by atoms with Gasteiger partial charge in [-0.1, -0.05) is 23.2 Å². The Morgan fingerprint density at radius 1 is 1.21 bits per heavy atom. The van der Waals surface area contributed by atoms with Gasteiger partial charge in [0.1, 0.15) is 29.4 Å². The molecule has 2 aliphatic rings. The third-order valence-electron chi connectivity index (χ3n) is 7.29. The van der Waals surface area contributed by atoms with Crippen LogP contribution in [0.25, 0.3) is 22.2 Å². The number of H-pyrrole nitrogens is 1. The maximum Gasteiger partial charge on any atom is 0.138 e. The highest BCUT2D eigenvalue weighted by atomic mass is 35.5. The molecule has 1 saturated carbocycles. The van der Waals surface area contributed by atoms with Crippen molar-refractivity contribution >= 4 is 39.9 Å². The molecule has 1 aromatic carbocycles. The lowest BCUT2D eigenvalue weighted by Crippen LogP contribution is -2.68. The maximum atomic E-state index is 9.59. The Hall–Kier alpha value is -3.38. The fourth-order valence-corrected chi connectivity index (χ4v) is 5.73. The number of halogens is 2. The van der Waals surface area contributed by atoms with Gasteiger partial charge in [-0.15, -0.1) is 0 Å². The Kier molecular flexibility index (Phi) is 6.39. The molecule has 8 nitrogen and oxygen atoms in total. The Balaban J connectivity index is 1.31. The maximum absolute atomic E-state index is 9.59. The lowest BCUT2D eigenvalue weighted by Gasteiger charge is -2.49. The predicted octanol–water partition coefficient (Wildman–Crippen LogP) is 5.92. The van der Waals surface area contributed by atoms with Gasteiger partial charge in [0.25, 0.3) is 0 Å². The van der Waals surface area contributed by atoms with Crippen LogP contribution >= 0.6 is 23.2 Å². The van der Waals surface area contributed by atoms with Crippen molar-refractivity contribution < 1.29 is 4.74 Å². The van der Waals surface area contributed by atoms with Gasteiger partial charge in [0.15, 0.2) is 0 Å². The number of pyridine rings is 2. The summed E-state index contributed by atoms with van der Waals surface area (Å²) in [5, 5.41) is 22.8. The third kappa shape index (κ3) is 4.78. The van der Waals surface area contributed by atoms with Crippen LogP contribution in [0.2, 0.25) is 10.0 Å². The summed E-state index contributed by atoms with van der Waals surface area (Å²) in [4.78, 5) is 11.0. The van der Waals surface area contributed by atoms with Gasteiger partial charge in [-0.25, -0.2) is 4.98 Å². The summed E-state index contributed by atoms with van der Waals surface area (Å²) in [6.07, 6.45) is 6.99. The molecule has 0 bridgehead atoms. The zero-order valence-electron chi connectivity index (χ0n) is 21.1. The van der Waals surface area contributed by atoms with Gasteiger partial charge >= 0.3 is 0 Å². The van der Waals surface area contributed by atoms with E-state index in [0.29, 0.717) is 26.9 Å². The summed E-state index contributed by atoms with van der Waals surface area (Å²) in [7, 11) is 0. The number of ether oxygens (including phenoxy) is 1. The monoisotopic (exact) mass is 547 g/mol. The minimum Gasteiger partial charge on any atom is -0.486 e. The van der Waals surface area contributed by atoms with Crippen LogP contribution in [0, 0.1) is 17.2 Å². The van der Waals surface area contributed by atoms with E-state index in [9.17, 15) is 5.26 Å². The molecule has 4 aromatic rings. The number of hydrogen-bond donors (Lipinski definition) is 2. The molecule has 1 saturated heterocycles. The number of nitrogens with zero attached hydrogens (tertiary/aromatic N) is 5. The number of rotatable bonds is 8. The number of benzene rings is 1. The summed E-state index contributed by atoms with van der Waals surface area (Å²) in [5.41, 5.74) is 3.60. The molecule has 1 aliphatic carbocycles. The minimum atomic E-state index is -0.396. The molecule has 194 valence electrons. The first-order valence-electron chi connectivity index (χ1n) is 12.7. The molecule has 1 atom stereocenters. The summed E-state index contributed by atoms with van der Waals surface area (Å²) >= 11 is 12.7. The average Bonchev–Trinajstić information content (AvgIpc) is 3.63. The number of aromatic nitrogens is 4. The average molecular weight is 548 g/mol. The minimum absolute atomic E-state index is 0.0513. The van der Waals surface area contributed by atoms with Crippen LogP contribution < -0.4 is 15.0 Å². The molecule has 6 rings (SSSR count). The molecule has 1 aliphatic heterocycles. The Morgan fingerprint density at radius 2 is 1.97 bits per heavy atom. The van der Waals surface area contributed by atoms with E-state index in [0.717, 1.165) is 53.5 Å². The van der Waals surface area contributed by atoms with E-state index in [-0.39, 0.29) is 5.54 Å². The van der Waals surface area contributed by atoms with Crippen LogP contribution in [0.1, 0.15) is 43.9 Å². The van der Waals surface area contributed by atoms with Crippen molar-refractivity contribution in [1.82, 2.24) is 25.5 Å². The largest absolute Gasteiger partial charge is 0.486 e. The van der Waals surface area contributed by atoms with Crippen LogP contribution in [0.3, 0.4) is 0 Å². The van der Waals surface area contributed by atoms with Crippen LogP contribution in [-0.4, -0.2) is 45.3 Å². The van der Waals surface area contributed by atoms with E-state index in [1.165, 1.54) is 12.8 Å². The van der Waals surface area contributed by atoms with E-state index in [2.05, 4.69) is 38.4 Å². The molecule has 0 unspecified atom stereocenters. The van der Waals surface area contributed by atoms with E-state index in [4.69, 9.17) is 32.9 Å². The second-order valence-corrected chi connectivity index (χ2v) is 11.3. The van der Waals surface area contributed by atoms with Gasteiger partial charge in [-0.2, -0.15) is 10.4 Å². The first kappa shape index (κ1) is 24.9. The molecule has 3 aromatic heterocycles. The van der Waals surface area contributed by atoms with Gasteiger partial charge < -0.3 is 15.0 Å². The van der Waals surface area contributed by atoms with E-state index < -0.39 is 6.10 Å². The van der Waals surface area contributed by atoms with Crippen molar-refractivity contribution in [2.24, 2.45) is 5.92 Å². The summed E-state index contributed by atoms with van der Waals surface area (Å²) < 4.78 is 6.24. The van der Waals surface area contributed by atoms with Crippen LogP contribution in [0.5, 0.6) is 5.75 Å². The number of anilines is 1. The SMILES string of the molecule is C[C@@H](Oc1ccc2[nH]nc(-c3cc(C#N)cnc3N3CC(C)(NCC4CC4)C3)c2c1)c1c(Cl)cncc1Cl. The Labute approximate surface area is 230 Å². The number of nitriles is 1. The summed E-state index contributed by atoms with van der Waals surface area (Å²) in [6.45, 7) is 6.90. The smallest absolute Gasteiger partial charge is 0.138 e. The lowest BCUT2D eigenvalue weighted by atomic mass is 9.91. The zero-order valence-corrected chi connectivity index (χ0v) is 22.6. The van der Waals surface area contributed by atoms with Gasteiger partial charge in [0.2, 0.25) is 0 Å². The van der Waals surface area contributed by atoms with E-state index >= 15 is 0 Å². The quantitative estimate of drug-likeness (QED) is 0.282. The van der Waals surface area contributed by atoms with Crippen molar-refractivity contribution in [2.45, 2.75) is 38.3 Å². The fraction of sp³-hybridized carbons (Fsp3) is 0.357. The molecule has 0 spiro atoms. The summed E-state index contributed by atoms with van der Waals surface area (Å²) in [5.74, 6) is 2.28. The predicted molar refractivity (Wildman–Crippen MR) is 149 cm³/mol. The number of aromatic amines is 1. The first-order chi connectivity index (χ1) is 18.3. The molecule has 2 N–H and O–H groups in total. The van der Waals surface area contributed by atoms with Crippen molar-refractivity contribution in [3.8, 4) is 23.1 Å². The molecular weight excluding hydrogens is 521 g/mol. The number of hydrogen-bond acceptors (Lipinski definition) is 7. The highest BCUT2D eigenvalue weighted by Crippen LogP contribution is 2.39. The molecule has 2 fully saturated rings. The van der Waals surface area contributed by atoms with Crippen LogP contribution in [-0.2, 0) is 0 Å². The first-order valence-corrected chi connectivity index (χ1v) is 13.4. The van der Waals surface area contributed by atoms with E-state index in [1.807, 2.05) is 31.2 Å². The van der Waals surface area contributed by atoms with Crippen molar-refractivity contribution in [3.63, 3.8) is 0 Å². The Morgan fingerprint density at radius 3 is 2.68 bits per heavy atom. The molecule has 10 heteroatoms. The van der Waals surface area contributed by atoms with Crippen LogP contribution in [0.4, 0.5) is 5.82 Å². The number of fused-ring (bicyclic) bond motifs is 1. The standard InChI is InChI=1S/C28H27Cl2N7O/c1-16(25-22(29)12-32-13-23(25)30)38-19-5-6-24-20(8-19)26(36-35-24)21-7-18(9-31)10-33-27(21)37-14-28(2,15-37)34-11-17-3-4-17/h5-8,10,12-13,16-17,34H,3-4,11,14-15H2,1-2H3,(H,35,36)/t16-/m1/s1. The van der Waals surface area contributed by atoms with Crippen molar-refractivity contribution in [3.05, 3.63) is 64.0 Å². The second-order valence-electron chi connectivity index (χ2n) is 10.5. The topological polar surface area (TPSA) is 103 Å². The Bertz CT molecular complexity index is 1530. The van der Waals surface area contributed by atoms with Crippen LogP contribution in [0.15, 0.2) is 42.9 Å². The van der Waals surface area contributed by atoms with Crippen molar-refractivity contribution in [2.75, 3.05) is 24.5 Å². The second kappa shape index (κ2) is 9.73. The van der Waals surface area contributed by atoms with E-state index in [1.54, 1.807) is 18.6 Å². The molecule has 38 heavy (non-hydrogen) atoms. The normalized spacial score (nSPS) is 17.2. The van der Waals surface area contributed by atoms with Gasteiger partial charge in [-0.05, 0) is 63.4 Å². The van der Waals surface area contributed by atoms with Gasteiger partial charge in [-0.3, -0.25) is 10.1 Å². The fourth-order valence-electron chi connectivity index (χ4n) is 5.06. The molecule has 0 amide bonds. The molecule has 4 heterocycles. The zero-order chi connectivity index (χ0) is 26.4. The summed E-state index contributed by atoms with van der Waals surface area (Å²) in [6, 6.07) is 9.81. The molecular formula is C28H27Cl2N7O. The highest BCUT2D eigenvalue weighted by molar-refractivity contribution is 6.35. The third-order valence-corrected chi connectivity index (χ3v) is 7.89. The lowest BCUT2D eigenvalue weighted by molar-refractivity contribution is 0.227. The highest BCUT2D eigenvalue weighted by Gasteiger charge is 2.41. The number of nitrogens with one attached hydrogen (secondary N) is 2. The molecule has 0 radical (unpaired) electrons. The van der Waals surface area contributed by atoms with Crippen molar-refractivity contribution in [1.29, 1.82) is 5.26 Å².